The Morgan fingerprint density at radius 2 is 2.05 bits per heavy atom. The van der Waals surface area contributed by atoms with Crippen molar-refractivity contribution in [3.05, 3.63) is 21.4 Å². The molecular weight excluding hydrogens is 258 g/mol. The van der Waals surface area contributed by atoms with Gasteiger partial charge in [0, 0.05) is 29.8 Å². The molecule has 0 unspecified atom stereocenters. The molecule has 1 aromatic heterocycles. The van der Waals surface area contributed by atoms with Crippen molar-refractivity contribution in [2.45, 2.75) is 52.6 Å². The smallest absolute Gasteiger partial charge is 0.222 e. The number of hydrogen-bond donors (Lipinski definition) is 1. The van der Waals surface area contributed by atoms with Crippen LogP contribution in [-0.4, -0.2) is 35.1 Å². The zero-order valence-electron chi connectivity index (χ0n) is 12.6. The first-order valence-corrected chi connectivity index (χ1v) is 7.53. The van der Waals surface area contributed by atoms with Crippen LogP contribution in [0.15, 0.2) is 6.07 Å². The maximum atomic E-state index is 11.9. The number of aryl methyl sites for hydroxylation is 3. The maximum absolute atomic E-state index is 11.9. The van der Waals surface area contributed by atoms with E-state index in [1.165, 1.54) is 15.3 Å². The largest absolute Gasteiger partial charge is 0.389 e. The summed E-state index contributed by atoms with van der Waals surface area (Å²) >= 11 is 1.81. The van der Waals surface area contributed by atoms with Gasteiger partial charge in [-0.05, 0) is 52.2 Å². The fourth-order valence-electron chi connectivity index (χ4n) is 2.22. The van der Waals surface area contributed by atoms with Gasteiger partial charge in [0.05, 0.1) is 5.60 Å². The number of thiophene rings is 1. The van der Waals surface area contributed by atoms with Crippen LogP contribution in [-0.2, 0) is 11.2 Å². The van der Waals surface area contributed by atoms with Crippen molar-refractivity contribution in [2.24, 2.45) is 0 Å². The Morgan fingerprint density at radius 3 is 2.53 bits per heavy atom. The van der Waals surface area contributed by atoms with E-state index in [1.54, 1.807) is 25.8 Å². The number of likely N-dealkylation sites (N-methyl/N-ethyl adjacent to an activating group) is 1. The molecule has 4 heteroatoms. The highest BCUT2D eigenvalue weighted by Gasteiger charge is 2.19. The molecule has 0 aromatic carbocycles. The van der Waals surface area contributed by atoms with Crippen LogP contribution in [0.3, 0.4) is 0 Å². The number of hydrogen-bond acceptors (Lipinski definition) is 3. The molecule has 1 amide bonds. The summed E-state index contributed by atoms with van der Waals surface area (Å²) in [7, 11) is 1.75. The first-order valence-electron chi connectivity index (χ1n) is 6.71. The summed E-state index contributed by atoms with van der Waals surface area (Å²) in [5.74, 6) is 0.103. The predicted octanol–water partition coefficient (Wildman–Crippen LogP) is 2.92. The lowest BCUT2D eigenvalue weighted by molar-refractivity contribution is -0.132. The van der Waals surface area contributed by atoms with E-state index in [0.717, 1.165) is 12.8 Å². The van der Waals surface area contributed by atoms with Crippen LogP contribution >= 0.6 is 11.3 Å². The number of nitrogens with zero attached hydrogens (tertiary/aromatic N) is 1. The normalized spacial score (nSPS) is 11.7. The summed E-state index contributed by atoms with van der Waals surface area (Å²) < 4.78 is 0. The van der Waals surface area contributed by atoms with Crippen LogP contribution in [0.5, 0.6) is 0 Å². The van der Waals surface area contributed by atoms with Crippen molar-refractivity contribution in [1.82, 2.24) is 4.90 Å². The second-order valence-corrected chi connectivity index (χ2v) is 7.31. The van der Waals surface area contributed by atoms with E-state index in [1.807, 2.05) is 11.3 Å². The molecule has 1 aromatic rings. The van der Waals surface area contributed by atoms with E-state index in [4.69, 9.17) is 0 Å². The number of rotatable bonds is 6. The van der Waals surface area contributed by atoms with Gasteiger partial charge in [-0.3, -0.25) is 4.79 Å². The second kappa shape index (κ2) is 6.53. The first kappa shape index (κ1) is 16.2. The summed E-state index contributed by atoms with van der Waals surface area (Å²) in [5, 5.41) is 9.69. The molecule has 1 heterocycles. The maximum Gasteiger partial charge on any atom is 0.222 e. The zero-order chi connectivity index (χ0) is 14.6. The molecule has 19 heavy (non-hydrogen) atoms. The third kappa shape index (κ3) is 5.74. The van der Waals surface area contributed by atoms with E-state index >= 15 is 0 Å². The molecule has 0 radical (unpaired) electrons. The van der Waals surface area contributed by atoms with Gasteiger partial charge in [0.15, 0.2) is 0 Å². The van der Waals surface area contributed by atoms with Crippen molar-refractivity contribution in [3.63, 3.8) is 0 Å². The Hall–Kier alpha value is -0.870. The monoisotopic (exact) mass is 283 g/mol. The average molecular weight is 283 g/mol. The molecule has 0 fully saturated rings. The highest BCUT2D eigenvalue weighted by atomic mass is 32.1. The fraction of sp³-hybridized carbons (Fsp3) is 0.667. The molecule has 0 atom stereocenters. The molecule has 0 aliphatic carbocycles. The molecule has 0 spiro atoms. The minimum absolute atomic E-state index is 0.103. The van der Waals surface area contributed by atoms with E-state index in [-0.39, 0.29) is 5.91 Å². The summed E-state index contributed by atoms with van der Waals surface area (Å²) in [5.41, 5.74) is 0.534. The van der Waals surface area contributed by atoms with Gasteiger partial charge in [0.1, 0.15) is 0 Å². The Kier molecular flexibility index (Phi) is 5.56. The van der Waals surface area contributed by atoms with Crippen LogP contribution in [0, 0.1) is 13.8 Å². The summed E-state index contributed by atoms with van der Waals surface area (Å²) in [6.07, 6.45) is 2.37. The first-order chi connectivity index (χ1) is 8.69. The lowest BCUT2D eigenvalue weighted by Gasteiger charge is -2.25. The van der Waals surface area contributed by atoms with Gasteiger partial charge in [-0.15, -0.1) is 11.3 Å². The molecular formula is C15H25NO2S. The lowest BCUT2D eigenvalue weighted by atomic mass is 10.1. The van der Waals surface area contributed by atoms with Crippen LogP contribution < -0.4 is 0 Å². The van der Waals surface area contributed by atoms with Gasteiger partial charge >= 0.3 is 0 Å². The molecule has 1 rings (SSSR count). The highest BCUT2D eigenvalue weighted by Crippen LogP contribution is 2.22. The summed E-state index contributed by atoms with van der Waals surface area (Å²) in [4.78, 5) is 16.2. The van der Waals surface area contributed by atoms with Crippen LogP contribution in [0.4, 0.5) is 0 Å². The number of amides is 1. The molecule has 108 valence electrons. The standard InChI is InChI=1S/C15H25NO2S/c1-11-9-13(12(2)19-11)7-6-8-14(17)16(5)10-15(3,4)18/h9,18H,6-8,10H2,1-5H3. The second-order valence-electron chi connectivity index (χ2n) is 5.85. The van der Waals surface area contributed by atoms with Gasteiger partial charge in [-0.2, -0.15) is 0 Å². The van der Waals surface area contributed by atoms with Crippen molar-refractivity contribution >= 4 is 17.2 Å². The molecule has 0 aliphatic heterocycles. The van der Waals surface area contributed by atoms with Gasteiger partial charge in [-0.1, -0.05) is 0 Å². The van der Waals surface area contributed by atoms with Gasteiger partial charge in [-0.25, -0.2) is 0 Å². The van der Waals surface area contributed by atoms with Crippen LogP contribution in [0.2, 0.25) is 0 Å². The molecule has 0 aliphatic rings. The van der Waals surface area contributed by atoms with E-state index in [2.05, 4.69) is 19.9 Å². The van der Waals surface area contributed by atoms with Crippen molar-refractivity contribution < 1.29 is 9.90 Å². The third-order valence-corrected chi connectivity index (χ3v) is 4.04. The van der Waals surface area contributed by atoms with Crippen LogP contribution in [0.1, 0.15) is 42.0 Å². The van der Waals surface area contributed by atoms with E-state index in [9.17, 15) is 9.90 Å². The van der Waals surface area contributed by atoms with Gasteiger partial charge < -0.3 is 10.0 Å². The van der Waals surface area contributed by atoms with Crippen molar-refractivity contribution in [1.29, 1.82) is 0 Å². The van der Waals surface area contributed by atoms with Gasteiger partial charge in [0.2, 0.25) is 5.91 Å². The van der Waals surface area contributed by atoms with E-state index in [0.29, 0.717) is 13.0 Å². The Morgan fingerprint density at radius 1 is 1.42 bits per heavy atom. The number of carbonyl (C=O) groups excluding carboxylic acids is 1. The SMILES string of the molecule is Cc1cc(CCCC(=O)N(C)CC(C)(C)O)c(C)s1. The van der Waals surface area contributed by atoms with Crippen LogP contribution in [0.25, 0.3) is 0 Å². The van der Waals surface area contributed by atoms with Gasteiger partial charge in [0.25, 0.3) is 0 Å². The lowest BCUT2D eigenvalue weighted by Crippen LogP contribution is -2.39. The quantitative estimate of drug-likeness (QED) is 0.872. The average Bonchev–Trinajstić information content (AvgIpc) is 2.55. The Bertz CT molecular complexity index is 432. The molecule has 0 bridgehead atoms. The fourth-order valence-corrected chi connectivity index (χ4v) is 3.20. The molecule has 1 N–H and O–H groups in total. The van der Waals surface area contributed by atoms with Crippen molar-refractivity contribution in [2.75, 3.05) is 13.6 Å². The van der Waals surface area contributed by atoms with E-state index < -0.39 is 5.60 Å². The summed E-state index contributed by atoms with van der Waals surface area (Å²) in [6, 6.07) is 2.21. The summed E-state index contributed by atoms with van der Waals surface area (Å²) in [6.45, 7) is 8.06. The predicted molar refractivity (Wildman–Crippen MR) is 80.7 cm³/mol. The Balaban J connectivity index is 2.37. The number of carbonyl (C=O) groups is 1. The minimum atomic E-state index is -0.828. The highest BCUT2D eigenvalue weighted by molar-refractivity contribution is 7.12. The Labute approximate surface area is 120 Å². The topological polar surface area (TPSA) is 40.5 Å². The number of aliphatic hydroxyl groups is 1. The third-order valence-electron chi connectivity index (χ3n) is 3.03. The molecule has 0 saturated carbocycles. The molecule has 0 saturated heterocycles. The zero-order valence-corrected chi connectivity index (χ0v) is 13.4. The molecule has 3 nitrogen and oxygen atoms in total. The minimum Gasteiger partial charge on any atom is -0.389 e. The van der Waals surface area contributed by atoms with Crippen molar-refractivity contribution in [3.8, 4) is 0 Å².